The summed E-state index contributed by atoms with van der Waals surface area (Å²) in [7, 11) is 0. The van der Waals surface area contributed by atoms with Crippen molar-refractivity contribution < 1.29 is 0 Å². The first-order valence-electron chi connectivity index (χ1n) is 8.98. The molecule has 23 heavy (non-hydrogen) atoms. The summed E-state index contributed by atoms with van der Waals surface area (Å²) in [6.45, 7) is 5.61. The summed E-state index contributed by atoms with van der Waals surface area (Å²) in [4.78, 5) is 0. The second-order valence-corrected chi connectivity index (χ2v) is 6.32. The maximum atomic E-state index is 3.74. The van der Waals surface area contributed by atoms with E-state index in [4.69, 9.17) is 0 Å². The zero-order valence-electron chi connectivity index (χ0n) is 14.5. The predicted molar refractivity (Wildman–Crippen MR) is 100 cm³/mol. The number of rotatable bonds is 10. The Kier molecular flexibility index (Phi) is 7.89. The average molecular weight is 308 g/mol. The Morgan fingerprint density at radius 2 is 1.52 bits per heavy atom. The fourth-order valence-corrected chi connectivity index (χ4v) is 2.89. The fraction of sp³-hybridized carbons (Fsp3) is 0.409. The Morgan fingerprint density at radius 1 is 0.913 bits per heavy atom. The van der Waals surface area contributed by atoms with Crippen LogP contribution in [0.4, 0.5) is 0 Å². The number of hydrogen-bond donors (Lipinski definition) is 1. The highest BCUT2D eigenvalue weighted by Gasteiger charge is 2.11. The molecule has 1 N–H and O–H groups in total. The van der Waals surface area contributed by atoms with E-state index in [0.29, 0.717) is 12.0 Å². The van der Waals surface area contributed by atoms with Crippen molar-refractivity contribution >= 4 is 0 Å². The van der Waals surface area contributed by atoms with E-state index in [9.17, 15) is 0 Å². The third-order valence-corrected chi connectivity index (χ3v) is 4.43. The van der Waals surface area contributed by atoms with Crippen LogP contribution in [-0.4, -0.2) is 6.54 Å². The minimum absolute atomic E-state index is 0.366. The summed E-state index contributed by atoms with van der Waals surface area (Å²) in [6.07, 6.45) is 7.30. The third-order valence-electron chi connectivity index (χ3n) is 4.43. The molecule has 0 heterocycles. The Hall–Kier alpha value is -1.60. The first-order chi connectivity index (χ1) is 11.3. The number of hydrogen-bond acceptors (Lipinski definition) is 1. The zero-order valence-corrected chi connectivity index (χ0v) is 14.5. The summed E-state index contributed by atoms with van der Waals surface area (Å²) >= 11 is 0. The molecule has 0 saturated carbocycles. The lowest BCUT2D eigenvalue weighted by Gasteiger charge is -2.20. The molecule has 2 rings (SSSR count). The van der Waals surface area contributed by atoms with E-state index in [2.05, 4.69) is 86.2 Å². The monoisotopic (exact) mass is 308 g/mol. The first-order valence-corrected chi connectivity index (χ1v) is 8.98. The highest BCUT2D eigenvalue weighted by molar-refractivity contribution is 5.22. The molecule has 0 spiro atoms. The first kappa shape index (κ1) is 17.7. The molecule has 2 aromatic carbocycles. The van der Waals surface area contributed by atoms with Gasteiger partial charge >= 0.3 is 0 Å². The van der Waals surface area contributed by atoms with Gasteiger partial charge in [-0.05, 0) is 42.9 Å². The van der Waals surface area contributed by atoms with E-state index in [0.717, 1.165) is 13.0 Å². The molecule has 1 nitrogen and oxygen atoms in total. The van der Waals surface area contributed by atoms with Crippen LogP contribution in [0, 0.1) is 6.42 Å². The Balaban J connectivity index is 1.85. The van der Waals surface area contributed by atoms with Crippen molar-refractivity contribution in [2.75, 3.05) is 6.54 Å². The van der Waals surface area contributed by atoms with Gasteiger partial charge in [-0.25, -0.2) is 0 Å². The molecule has 1 radical (unpaired) electrons. The van der Waals surface area contributed by atoms with Crippen molar-refractivity contribution in [3.8, 4) is 0 Å². The topological polar surface area (TPSA) is 12.0 Å². The summed E-state index contributed by atoms with van der Waals surface area (Å²) in [5.74, 6) is 0.593. The summed E-state index contributed by atoms with van der Waals surface area (Å²) in [5, 5.41) is 3.74. The number of nitrogens with one attached hydrogen (secondary N) is 1. The molecule has 0 aliphatic heterocycles. The summed E-state index contributed by atoms with van der Waals surface area (Å²) < 4.78 is 0. The molecule has 0 saturated heterocycles. The van der Waals surface area contributed by atoms with Crippen LogP contribution in [0.1, 0.15) is 62.6 Å². The Morgan fingerprint density at radius 3 is 2.13 bits per heavy atom. The van der Waals surface area contributed by atoms with E-state index < -0.39 is 0 Å². The molecule has 0 aliphatic carbocycles. The number of benzene rings is 2. The quantitative estimate of drug-likeness (QED) is 0.538. The Labute approximate surface area is 142 Å². The summed E-state index contributed by atoms with van der Waals surface area (Å²) in [6, 6.07) is 22.0. The van der Waals surface area contributed by atoms with Gasteiger partial charge in [0.1, 0.15) is 0 Å². The van der Waals surface area contributed by atoms with Crippen LogP contribution in [-0.2, 0) is 0 Å². The second-order valence-electron chi connectivity index (χ2n) is 6.32. The van der Waals surface area contributed by atoms with Crippen LogP contribution in [0.5, 0.6) is 0 Å². The van der Waals surface area contributed by atoms with Gasteiger partial charge in [-0.1, -0.05) is 87.4 Å². The smallest absolute Gasteiger partial charge is 0.0352 e. The molecule has 2 aromatic rings. The fourth-order valence-electron chi connectivity index (χ4n) is 2.89. The number of unbranched alkanes of at least 4 members (excludes halogenated alkanes) is 2. The van der Waals surface area contributed by atoms with Gasteiger partial charge in [-0.2, -0.15) is 0 Å². The van der Waals surface area contributed by atoms with Gasteiger partial charge in [0.2, 0.25) is 0 Å². The van der Waals surface area contributed by atoms with Crippen molar-refractivity contribution in [1.29, 1.82) is 0 Å². The average Bonchev–Trinajstić information content (AvgIpc) is 2.62. The minimum atomic E-state index is 0.366. The molecule has 0 fully saturated rings. The van der Waals surface area contributed by atoms with E-state index in [1.54, 1.807) is 0 Å². The van der Waals surface area contributed by atoms with E-state index in [-0.39, 0.29) is 0 Å². The highest BCUT2D eigenvalue weighted by atomic mass is 14.9. The van der Waals surface area contributed by atoms with Gasteiger partial charge in [0.05, 0.1) is 0 Å². The van der Waals surface area contributed by atoms with Crippen LogP contribution < -0.4 is 5.32 Å². The van der Waals surface area contributed by atoms with Gasteiger partial charge in [-0.15, -0.1) is 0 Å². The lowest BCUT2D eigenvalue weighted by molar-refractivity contribution is 0.526. The van der Waals surface area contributed by atoms with Gasteiger partial charge in [0.15, 0.2) is 0 Å². The molecule has 2 unspecified atom stereocenters. The zero-order chi connectivity index (χ0) is 16.3. The van der Waals surface area contributed by atoms with Crippen LogP contribution in [0.25, 0.3) is 0 Å². The lowest BCUT2D eigenvalue weighted by atomic mass is 9.96. The normalized spacial score (nSPS) is 13.7. The molecule has 1 heteroatoms. The maximum absolute atomic E-state index is 3.74. The lowest BCUT2D eigenvalue weighted by Crippen LogP contribution is -2.24. The van der Waals surface area contributed by atoms with Gasteiger partial charge < -0.3 is 5.32 Å². The van der Waals surface area contributed by atoms with Gasteiger partial charge in [0, 0.05) is 6.04 Å². The van der Waals surface area contributed by atoms with Crippen molar-refractivity contribution in [3.63, 3.8) is 0 Å². The molecular formula is C22H30N. The molecule has 0 bridgehead atoms. The molecule has 0 aromatic heterocycles. The molecule has 123 valence electrons. The highest BCUT2D eigenvalue weighted by Crippen LogP contribution is 2.21. The molecule has 0 amide bonds. The maximum Gasteiger partial charge on any atom is 0.0352 e. The van der Waals surface area contributed by atoms with E-state index in [1.807, 2.05) is 0 Å². The molecule has 2 atom stereocenters. The van der Waals surface area contributed by atoms with E-state index in [1.165, 1.54) is 30.4 Å². The van der Waals surface area contributed by atoms with Crippen LogP contribution >= 0.6 is 0 Å². The SMILES string of the molecule is CCCC[CH]C(NCCC(C)c1ccccc1)c1ccccc1. The largest absolute Gasteiger partial charge is 0.310 e. The van der Waals surface area contributed by atoms with Gasteiger partial charge in [-0.3, -0.25) is 0 Å². The van der Waals surface area contributed by atoms with Crippen molar-refractivity contribution in [1.82, 2.24) is 5.32 Å². The minimum Gasteiger partial charge on any atom is -0.310 e. The van der Waals surface area contributed by atoms with Crippen molar-refractivity contribution in [2.45, 2.75) is 51.5 Å². The van der Waals surface area contributed by atoms with Gasteiger partial charge in [0.25, 0.3) is 0 Å². The third kappa shape index (κ3) is 6.19. The summed E-state index contributed by atoms with van der Waals surface area (Å²) in [5.41, 5.74) is 2.80. The van der Waals surface area contributed by atoms with Crippen LogP contribution in [0.2, 0.25) is 0 Å². The second kappa shape index (κ2) is 10.2. The van der Waals surface area contributed by atoms with Crippen molar-refractivity contribution in [2.24, 2.45) is 0 Å². The predicted octanol–water partition coefficient (Wildman–Crippen LogP) is 5.91. The van der Waals surface area contributed by atoms with Crippen LogP contribution in [0.3, 0.4) is 0 Å². The van der Waals surface area contributed by atoms with Crippen molar-refractivity contribution in [3.05, 3.63) is 78.2 Å². The Bertz CT molecular complexity index is 520. The molecule has 0 aliphatic rings. The molecular weight excluding hydrogens is 278 g/mol. The van der Waals surface area contributed by atoms with E-state index >= 15 is 0 Å². The van der Waals surface area contributed by atoms with Crippen LogP contribution in [0.15, 0.2) is 60.7 Å². The standard InChI is InChI=1S/C22H30N/c1-3-4-7-16-22(21-14-10-6-11-15-21)23-18-17-19(2)20-12-8-5-9-13-20/h5-6,8-16,19,22-23H,3-4,7,17-18H2,1-2H3.